The summed E-state index contributed by atoms with van der Waals surface area (Å²) >= 11 is 8.98. The third-order valence-electron chi connectivity index (χ3n) is 2.18. The Hall–Kier alpha value is -0.780. The average Bonchev–Trinajstić information content (AvgIpc) is 2.36. The molecule has 0 atom stereocenters. The number of benzene rings is 1. The second-order valence-corrected chi connectivity index (χ2v) is 4.78. The van der Waals surface area contributed by atoms with Crippen molar-refractivity contribution in [1.82, 2.24) is 5.32 Å². The summed E-state index contributed by atoms with van der Waals surface area (Å²) in [5, 5.41) is 13.0. The molecular weight excluding hydrogens is 321 g/mol. The van der Waals surface area contributed by atoms with Crippen LogP contribution < -0.4 is 5.32 Å². The first-order chi connectivity index (χ1) is 8.65. The summed E-state index contributed by atoms with van der Waals surface area (Å²) in [5.74, 6) is -0.242. The van der Waals surface area contributed by atoms with Gasteiger partial charge in [-0.2, -0.15) is 0 Å². The van der Waals surface area contributed by atoms with E-state index in [-0.39, 0.29) is 16.7 Å². The Morgan fingerprint density at radius 3 is 2.89 bits per heavy atom. The Kier molecular flexibility index (Phi) is 7.08. The molecule has 0 saturated heterocycles. The van der Waals surface area contributed by atoms with E-state index in [9.17, 15) is 9.90 Å². The lowest BCUT2D eigenvalue weighted by molar-refractivity contribution is 0.0944. The largest absolute Gasteiger partial charge is 0.506 e. The molecule has 4 nitrogen and oxygen atoms in total. The van der Waals surface area contributed by atoms with Crippen LogP contribution in [0.5, 0.6) is 5.75 Å². The zero-order valence-electron chi connectivity index (χ0n) is 9.79. The Labute approximate surface area is 119 Å². The van der Waals surface area contributed by atoms with Gasteiger partial charge in [0.15, 0.2) is 0 Å². The highest BCUT2D eigenvalue weighted by Crippen LogP contribution is 2.23. The van der Waals surface area contributed by atoms with Crippen molar-refractivity contribution < 1.29 is 14.6 Å². The van der Waals surface area contributed by atoms with Gasteiger partial charge in [-0.1, -0.05) is 27.5 Å². The van der Waals surface area contributed by atoms with Gasteiger partial charge in [-0.3, -0.25) is 4.79 Å². The van der Waals surface area contributed by atoms with Gasteiger partial charge < -0.3 is 15.2 Å². The van der Waals surface area contributed by atoms with Crippen LogP contribution in [0.25, 0.3) is 0 Å². The fourth-order valence-corrected chi connectivity index (χ4v) is 1.69. The van der Waals surface area contributed by atoms with E-state index in [2.05, 4.69) is 21.2 Å². The monoisotopic (exact) mass is 335 g/mol. The minimum Gasteiger partial charge on any atom is -0.506 e. The van der Waals surface area contributed by atoms with Crippen molar-refractivity contribution in [2.45, 2.75) is 6.42 Å². The Balaban J connectivity index is 2.30. The Morgan fingerprint density at radius 2 is 2.22 bits per heavy atom. The third-order valence-corrected chi connectivity index (χ3v) is 2.81. The molecule has 0 aromatic heterocycles. The summed E-state index contributed by atoms with van der Waals surface area (Å²) in [6.07, 6.45) is 0.755. The van der Waals surface area contributed by atoms with Crippen LogP contribution in [0, 0.1) is 0 Å². The van der Waals surface area contributed by atoms with Gasteiger partial charge >= 0.3 is 0 Å². The molecule has 0 bridgehead atoms. The number of aromatic hydroxyl groups is 1. The number of phenolic OH excluding ortho intramolecular Hbond substituents is 1. The topological polar surface area (TPSA) is 58.6 Å². The van der Waals surface area contributed by atoms with E-state index in [4.69, 9.17) is 16.3 Å². The normalized spacial score (nSPS) is 10.3. The maximum atomic E-state index is 11.7. The molecule has 0 radical (unpaired) electrons. The van der Waals surface area contributed by atoms with Crippen molar-refractivity contribution >= 4 is 33.4 Å². The zero-order chi connectivity index (χ0) is 13.4. The number of amides is 1. The van der Waals surface area contributed by atoms with E-state index in [1.54, 1.807) is 0 Å². The molecule has 18 heavy (non-hydrogen) atoms. The molecule has 1 aromatic carbocycles. The lowest BCUT2D eigenvalue weighted by atomic mass is 10.2. The minimum absolute atomic E-state index is 0.0311. The molecule has 0 spiro atoms. The van der Waals surface area contributed by atoms with Crippen LogP contribution in [0.2, 0.25) is 5.02 Å². The Bertz CT molecular complexity index is 401. The van der Waals surface area contributed by atoms with Crippen molar-refractivity contribution in [2.75, 3.05) is 25.1 Å². The summed E-state index contributed by atoms with van der Waals surface area (Å²) in [7, 11) is 0. The van der Waals surface area contributed by atoms with Crippen molar-refractivity contribution in [2.24, 2.45) is 0 Å². The van der Waals surface area contributed by atoms with E-state index in [1.807, 2.05) is 0 Å². The third kappa shape index (κ3) is 5.25. The molecule has 1 amide bonds. The molecule has 0 unspecified atom stereocenters. The van der Waals surface area contributed by atoms with E-state index < -0.39 is 0 Å². The highest BCUT2D eigenvalue weighted by atomic mass is 79.9. The predicted octanol–water partition coefficient (Wildman–Crippen LogP) is 2.58. The summed E-state index contributed by atoms with van der Waals surface area (Å²) < 4.78 is 5.25. The molecule has 0 aliphatic rings. The number of rotatable bonds is 7. The SMILES string of the molecule is O=C(NCCCOCCBr)c1ccc(O)c(Cl)c1. The molecule has 0 fully saturated rings. The lowest BCUT2D eigenvalue weighted by Gasteiger charge is -2.06. The van der Waals surface area contributed by atoms with Gasteiger partial charge in [0.2, 0.25) is 0 Å². The number of nitrogens with one attached hydrogen (secondary N) is 1. The highest BCUT2D eigenvalue weighted by Gasteiger charge is 2.07. The number of hydrogen-bond acceptors (Lipinski definition) is 3. The van der Waals surface area contributed by atoms with Gasteiger partial charge in [0, 0.05) is 24.0 Å². The second kappa shape index (κ2) is 8.34. The maximum absolute atomic E-state index is 11.7. The number of carbonyl (C=O) groups is 1. The predicted molar refractivity (Wildman–Crippen MR) is 74.7 cm³/mol. The lowest BCUT2D eigenvalue weighted by Crippen LogP contribution is -2.25. The van der Waals surface area contributed by atoms with Crippen molar-refractivity contribution in [3.05, 3.63) is 28.8 Å². The number of halogens is 2. The van der Waals surface area contributed by atoms with Gasteiger partial charge in [-0.15, -0.1) is 0 Å². The number of hydrogen-bond donors (Lipinski definition) is 2. The summed E-state index contributed by atoms with van der Waals surface area (Å²) in [4.78, 5) is 11.7. The van der Waals surface area contributed by atoms with Crippen molar-refractivity contribution in [3.63, 3.8) is 0 Å². The first-order valence-electron chi connectivity index (χ1n) is 5.55. The van der Waals surface area contributed by atoms with Crippen molar-refractivity contribution in [3.8, 4) is 5.75 Å². The van der Waals surface area contributed by atoms with E-state index in [0.29, 0.717) is 25.3 Å². The molecule has 0 saturated carbocycles. The van der Waals surface area contributed by atoms with Gasteiger partial charge in [-0.05, 0) is 24.6 Å². The number of alkyl halides is 1. The first-order valence-corrected chi connectivity index (χ1v) is 7.05. The highest BCUT2D eigenvalue weighted by molar-refractivity contribution is 9.09. The summed E-state index contributed by atoms with van der Waals surface area (Å²) in [6, 6.07) is 4.36. The minimum atomic E-state index is -0.211. The molecule has 0 heterocycles. The van der Waals surface area contributed by atoms with Gasteiger partial charge in [0.1, 0.15) is 5.75 Å². The van der Waals surface area contributed by atoms with Crippen LogP contribution in [-0.4, -0.2) is 36.1 Å². The van der Waals surface area contributed by atoms with Crippen LogP contribution in [0.4, 0.5) is 0 Å². The van der Waals surface area contributed by atoms with Crippen LogP contribution in [0.1, 0.15) is 16.8 Å². The first kappa shape index (κ1) is 15.3. The fraction of sp³-hybridized carbons (Fsp3) is 0.417. The van der Waals surface area contributed by atoms with E-state index in [1.165, 1.54) is 18.2 Å². The quantitative estimate of drug-likeness (QED) is 0.594. The number of phenols is 1. The van der Waals surface area contributed by atoms with Gasteiger partial charge in [0.25, 0.3) is 5.91 Å². The number of ether oxygens (including phenoxy) is 1. The molecule has 0 aliphatic heterocycles. The van der Waals surface area contributed by atoms with Crippen LogP contribution in [0.15, 0.2) is 18.2 Å². The standard InChI is InChI=1S/C12H15BrClNO3/c13-4-7-18-6-1-5-15-12(17)9-2-3-11(16)10(14)8-9/h2-3,8,16H,1,4-7H2,(H,15,17). The summed E-state index contributed by atoms with van der Waals surface area (Å²) in [6.45, 7) is 1.82. The average molecular weight is 337 g/mol. The molecule has 2 N–H and O–H groups in total. The fourth-order valence-electron chi connectivity index (χ4n) is 1.28. The van der Waals surface area contributed by atoms with Crippen molar-refractivity contribution in [1.29, 1.82) is 0 Å². The molecule has 100 valence electrons. The molecule has 6 heteroatoms. The number of carbonyl (C=O) groups excluding carboxylic acids is 1. The smallest absolute Gasteiger partial charge is 0.251 e. The van der Waals surface area contributed by atoms with Crippen LogP contribution in [0.3, 0.4) is 0 Å². The van der Waals surface area contributed by atoms with E-state index >= 15 is 0 Å². The zero-order valence-corrected chi connectivity index (χ0v) is 12.1. The molecule has 0 aliphatic carbocycles. The molecular formula is C12H15BrClNO3. The molecule has 1 aromatic rings. The Morgan fingerprint density at radius 1 is 1.44 bits per heavy atom. The van der Waals surface area contributed by atoms with Crippen LogP contribution >= 0.6 is 27.5 Å². The maximum Gasteiger partial charge on any atom is 0.251 e. The van der Waals surface area contributed by atoms with Gasteiger partial charge in [0.05, 0.1) is 11.6 Å². The molecule has 1 rings (SSSR count). The van der Waals surface area contributed by atoms with Gasteiger partial charge in [-0.25, -0.2) is 0 Å². The van der Waals surface area contributed by atoms with Crippen LogP contribution in [-0.2, 0) is 4.74 Å². The summed E-state index contributed by atoms with van der Waals surface area (Å²) in [5.41, 5.74) is 0.430. The second-order valence-electron chi connectivity index (χ2n) is 3.58. The van der Waals surface area contributed by atoms with E-state index in [0.717, 1.165) is 11.8 Å².